The van der Waals surface area contributed by atoms with Crippen LogP contribution in [0.15, 0.2) is 0 Å². The lowest BCUT2D eigenvalue weighted by Gasteiger charge is -2.05. The highest BCUT2D eigenvalue weighted by molar-refractivity contribution is 5.69. The lowest BCUT2D eigenvalue weighted by Crippen LogP contribution is -2.05. The Kier molecular flexibility index (Phi) is 48.9. The summed E-state index contributed by atoms with van der Waals surface area (Å²) in [4.78, 5) is 23.0. The summed E-state index contributed by atoms with van der Waals surface area (Å²) in [6.07, 6.45) is 48.8. The van der Waals surface area contributed by atoms with E-state index in [0.717, 1.165) is 32.1 Å². The maximum atomic E-state index is 11.6. The number of hydrogen-bond donors (Lipinski definition) is 0. The number of carbonyl (C=O) groups excluding carboxylic acids is 2. The maximum Gasteiger partial charge on any atom is 0.305 e. The Labute approximate surface area is 315 Å². The number of ether oxygens (including phenoxy) is 2. The van der Waals surface area contributed by atoms with E-state index in [1.165, 1.54) is 199 Å². The first-order chi connectivity index (χ1) is 24.6. The summed E-state index contributed by atoms with van der Waals surface area (Å²) in [5.74, 6) is 0.00865. The van der Waals surface area contributed by atoms with Crippen LogP contribution in [-0.4, -0.2) is 25.2 Å². The summed E-state index contributed by atoms with van der Waals surface area (Å²) in [7, 11) is 0. The molecule has 0 aromatic rings. The molecule has 0 spiro atoms. The Morgan fingerprint density at radius 1 is 0.260 bits per heavy atom. The normalized spacial score (nSPS) is 11.0. The second-order valence-corrected chi connectivity index (χ2v) is 15.3. The van der Waals surface area contributed by atoms with Crippen molar-refractivity contribution in [2.24, 2.45) is 0 Å². The molecular formula is C46H92O4. The van der Waals surface area contributed by atoms with Gasteiger partial charge in [-0.25, -0.2) is 0 Å². The Bertz CT molecular complexity index is 634. The lowest BCUT2D eigenvalue weighted by molar-refractivity contribution is -0.144. The molecule has 0 heterocycles. The average Bonchev–Trinajstić information content (AvgIpc) is 3.12. The highest BCUT2D eigenvalue weighted by Gasteiger charge is 2.03. The van der Waals surface area contributed by atoms with Crippen molar-refractivity contribution in [3.8, 4) is 0 Å². The number of unbranched alkanes of at least 4 members (excludes halogenated alkanes) is 32. The van der Waals surface area contributed by atoms with Crippen LogP contribution < -0.4 is 0 Å². The fourth-order valence-electron chi connectivity index (χ4n) is 6.47. The van der Waals surface area contributed by atoms with E-state index in [9.17, 15) is 9.59 Å². The van der Waals surface area contributed by atoms with Gasteiger partial charge >= 0.3 is 11.9 Å². The first-order valence-corrected chi connectivity index (χ1v) is 22.9. The minimum atomic E-state index is -0.00172. The van der Waals surface area contributed by atoms with Gasteiger partial charge in [0.15, 0.2) is 0 Å². The first kappa shape index (κ1) is 51.0. The van der Waals surface area contributed by atoms with Gasteiger partial charge in [-0.3, -0.25) is 9.59 Å². The maximum absolute atomic E-state index is 11.6. The third kappa shape index (κ3) is 49.1. The fourth-order valence-corrected chi connectivity index (χ4v) is 6.47. The van der Waals surface area contributed by atoms with Crippen LogP contribution in [0.5, 0.6) is 0 Å². The third-order valence-electron chi connectivity index (χ3n) is 9.99. The van der Waals surface area contributed by atoms with E-state index in [-0.39, 0.29) is 11.9 Å². The zero-order valence-electron chi connectivity index (χ0n) is 34.9. The van der Waals surface area contributed by atoms with Crippen molar-refractivity contribution in [3.63, 3.8) is 0 Å². The SMILES string of the molecule is CCCCCCCCCCCCCCCCCC(=O)OCCCC.CCCCCCCCCCCCCCCCCC(=O)OCCCCCC. The van der Waals surface area contributed by atoms with E-state index >= 15 is 0 Å². The van der Waals surface area contributed by atoms with Crippen molar-refractivity contribution in [2.45, 2.75) is 272 Å². The van der Waals surface area contributed by atoms with Gasteiger partial charge in [0.25, 0.3) is 0 Å². The second-order valence-electron chi connectivity index (χ2n) is 15.3. The third-order valence-corrected chi connectivity index (χ3v) is 9.99. The number of esters is 2. The predicted molar refractivity (Wildman–Crippen MR) is 220 cm³/mol. The van der Waals surface area contributed by atoms with Crippen LogP contribution in [0.1, 0.15) is 272 Å². The Balaban J connectivity index is 0. The van der Waals surface area contributed by atoms with Gasteiger partial charge in [-0.2, -0.15) is 0 Å². The molecule has 0 rings (SSSR count). The smallest absolute Gasteiger partial charge is 0.305 e. The number of hydrogen-bond acceptors (Lipinski definition) is 4. The molecule has 0 N–H and O–H groups in total. The summed E-state index contributed by atoms with van der Waals surface area (Å²) in [6, 6.07) is 0. The van der Waals surface area contributed by atoms with Crippen molar-refractivity contribution in [2.75, 3.05) is 13.2 Å². The van der Waals surface area contributed by atoms with Gasteiger partial charge in [-0.05, 0) is 25.7 Å². The van der Waals surface area contributed by atoms with Crippen LogP contribution >= 0.6 is 0 Å². The molecule has 50 heavy (non-hydrogen) atoms. The van der Waals surface area contributed by atoms with Crippen molar-refractivity contribution in [1.82, 2.24) is 0 Å². The second kappa shape index (κ2) is 47.9. The van der Waals surface area contributed by atoms with Crippen molar-refractivity contribution >= 4 is 11.9 Å². The fraction of sp³-hybridized carbons (Fsp3) is 0.957. The Morgan fingerprint density at radius 2 is 0.460 bits per heavy atom. The molecule has 0 aliphatic heterocycles. The summed E-state index contributed by atoms with van der Waals surface area (Å²) in [6.45, 7) is 10.1. The molecule has 0 atom stereocenters. The Hall–Kier alpha value is -1.06. The van der Waals surface area contributed by atoms with Crippen molar-refractivity contribution < 1.29 is 19.1 Å². The van der Waals surface area contributed by atoms with Crippen LogP contribution in [-0.2, 0) is 19.1 Å². The highest BCUT2D eigenvalue weighted by atomic mass is 16.5. The molecule has 300 valence electrons. The van der Waals surface area contributed by atoms with Crippen LogP contribution in [0.3, 0.4) is 0 Å². The molecule has 4 nitrogen and oxygen atoms in total. The molecule has 0 bridgehead atoms. The molecule has 0 fully saturated rings. The van der Waals surface area contributed by atoms with Crippen molar-refractivity contribution in [1.29, 1.82) is 0 Å². The average molecular weight is 709 g/mol. The van der Waals surface area contributed by atoms with Gasteiger partial charge in [0.05, 0.1) is 13.2 Å². The van der Waals surface area contributed by atoms with Crippen LogP contribution in [0, 0.1) is 0 Å². The van der Waals surface area contributed by atoms with Crippen LogP contribution in [0.25, 0.3) is 0 Å². The van der Waals surface area contributed by atoms with Gasteiger partial charge in [0.1, 0.15) is 0 Å². The van der Waals surface area contributed by atoms with Crippen molar-refractivity contribution in [3.05, 3.63) is 0 Å². The minimum absolute atomic E-state index is 0.00172. The topological polar surface area (TPSA) is 52.6 Å². The predicted octanol–water partition coefficient (Wildman–Crippen LogP) is 16.0. The zero-order chi connectivity index (χ0) is 36.9. The number of rotatable bonds is 40. The van der Waals surface area contributed by atoms with Gasteiger partial charge in [-0.15, -0.1) is 0 Å². The van der Waals surface area contributed by atoms with E-state index in [2.05, 4.69) is 27.7 Å². The molecule has 0 saturated carbocycles. The highest BCUT2D eigenvalue weighted by Crippen LogP contribution is 2.15. The molecule has 0 unspecified atom stereocenters. The van der Waals surface area contributed by atoms with Crippen LogP contribution in [0.2, 0.25) is 0 Å². The Morgan fingerprint density at radius 3 is 0.720 bits per heavy atom. The largest absolute Gasteiger partial charge is 0.466 e. The molecular weight excluding hydrogens is 617 g/mol. The van der Waals surface area contributed by atoms with Crippen LogP contribution in [0.4, 0.5) is 0 Å². The first-order valence-electron chi connectivity index (χ1n) is 22.9. The minimum Gasteiger partial charge on any atom is -0.466 e. The monoisotopic (exact) mass is 709 g/mol. The quantitative estimate of drug-likeness (QED) is 0.0470. The molecule has 0 aromatic heterocycles. The standard InChI is InChI=1S/C24H48O2.C22H44O2/c1-3-5-7-9-10-11-12-13-14-15-16-17-18-19-20-22-24(25)26-23-21-8-6-4-2;1-3-5-7-8-9-10-11-12-13-14-15-16-17-18-19-20-22(23)24-21-6-4-2/h3-23H2,1-2H3;3-21H2,1-2H3. The lowest BCUT2D eigenvalue weighted by atomic mass is 10.0. The summed E-state index contributed by atoms with van der Waals surface area (Å²) in [5.41, 5.74) is 0. The van der Waals surface area contributed by atoms with E-state index in [1.54, 1.807) is 0 Å². The molecule has 0 radical (unpaired) electrons. The summed E-state index contributed by atoms with van der Waals surface area (Å²) < 4.78 is 10.4. The molecule has 0 aliphatic carbocycles. The molecule has 0 aromatic carbocycles. The molecule has 0 amide bonds. The van der Waals surface area contributed by atoms with Gasteiger partial charge in [0, 0.05) is 12.8 Å². The van der Waals surface area contributed by atoms with E-state index in [4.69, 9.17) is 9.47 Å². The van der Waals surface area contributed by atoms with E-state index < -0.39 is 0 Å². The molecule has 4 heteroatoms. The molecule has 0 saturated heterocycles. The molecule has 0 aliphatic rings. The summed E-state index contributed by atoms with van der Waals surface area (Å²) in [5, 5.41) is 0. The van der Waals surface area contributed by atoms with Gasteiger partial charge in [-0.1, -0.05) is 233 Å². The zero-order valence-corrected chi connectivity index (χ0v) is 34.9. The van der Waals surface area contributed by atoms with Gasteiger partial charge < -0.3 is 9.47 Å². The van der Waals surface area contributed by atoms with E-state index in [0.29, 0.717) is 26.1 Å². The number of carbonyl (C=O) groups is 2. The summed E-state index contributed by atoms with van der Waals surface area (Å²) >= 11 is 0. The van der Waals surface area contributed by atoms with Gasteiger partial charge in [0.2, 0.25) is 0 Å². The van der Waals surface area contributed by atoms with E-state index in [1.807, 2.05) is 0 Å².